The number of alkyl halides is 3. The van der Waals surface area contributed by atoms with Crippen LogP contribution in [0.5, 0.6) is 0 Å². The Morgan fingerprint density at radius 2 is 1.76 bits per heavy atom. The highest BCUT2D eigenvalue weighted by atomic mass is 32.2. The zero-order valence-electron chi connectivity index (χ0n) is 8.31. The average molecular weight is 266 g/mol. The molecule has 1 rings (SSSR count). The van der Waals surface area contributed by atoms with Crippen LogP contribution in [0.25, 0.3) is 0 Å². The molecule has 0 unspecified atom stereocenters. The van der Waals surface area contributed by atoms with Gasteiger partial charge in [-0.1, -0.05) is 30.3 Å². The van der Waals surface area contributed by atoms with E-state index in [1.165, 1.54) is 12.1 Å². The van der Waals surface area contributed by atoms with Gasteiger partial charge in [-0.3, -0.25) is 0 Å². The average Bonchev–Trinajstić information content (AvgIpc) is 2.16. The van der Waals surface area contributed by atoms with Crippen molar-refractivity contribution >= 4 is 15.9 Å². The molecule has 1 aromatic rings. The highest BCUT2D eigenvalue weighted by molar-refractivity contribution is 7.91. The lowest BCUT2D eigenvalue weighted by Gasteiger charge is -2.11. The van der Waals surface area contributed by atoms with E-state index >= 15 is 0 Å². The molecule has 0 radical (unpaired) electrons. The third-order valence-corrected chi connectivity index (χ3v) is 2.74. The van der Waals surface area contributed by atoms with Crippen molar-refractivity contribution in [3.8, 4) is 0 Å². The largest absolute Gasteiger partial charge is 0.861 e. The van der Waals surface area contributed by atoms with E-state index in [0.29, 0.717) is 5.56 Å². The van der Waals surface area contributed by atoms with Crippen molar-refractivity contribution < 1.29 is 26.7 Å². The summed E-state index contributed by atoms with van der Waals surface area (Å²) in [6.45, 7) is 0. The molecule has 0 aromatic heterocycles. The Morgan fingerprint density at radius 3 is 2.24 bits per heavy atom. The molecule has 0 bridgehead atoms. The maximum atomic E-state index is 11.9. The molecule has 0 saturated heterocycles. The standard InChI is InChI=1S/C9H8F3NO3S/c10-9(11,12)17(15,16)13-8(14)6-7-4-2-1-3-5-7/h1-5H,6H2,(H,13,14)/p-1. The second-order valence-electron chi connectivity index (χ2n) is 3.07. The summed E-state index contributed by atoms with van der Waals surface area (Å²) >= 11 is 0. The topological polar surface area (TPSA) is 69.6 Å². The van der Waals surface area contributed by atoms with Crippen molar-refractivity contribution in [2.24, 2.45) is 4.40 Å². The van der Waals surface area contributed by atoms with Gasteiger partial charge in [0.05, 0.1) is 0 Å². The maximum absolute atomic E-state index is 11.9. The Hall–Kier alpha value is -1.57. The van der Waals surface area contributed by atoms with E-state index in [9.17, 15) is 26.7 Å². The third-order valence-electron chi connectivity index (χ3n) is 1.71. The number of nitrogens with zero attached hydrogens (tertiary/aromatic N) is 1. The second-order valence-corrected chi connectivity index (χ2v) is 4.66. The fraction of sp³-hybridized carbons (Fsp3) is 0.222. The molecule has 0 aliphatic heterocycles. The normalized spacial score (nSPS) is 13.7. The molecule has 0 amide bonds. The highest BCUT2D eigenvalue weighted by Crippen LogP contribution is 2.24. The van der Waals surface area contributed by atoms with Crippen molar-refractivity contribution in [2.75, 3.05) is 0 Å². The van der Waals surface area contributed by atoms with Gasteiger partial charge in [-0.15, -0.1) is 0 Å². The quantitative estimate of drug-likeness (QED) is 0.601. The summed E-state index contributed by atoms with van der Waals surface area (Å²) in [5.74, 6) is -1.35. The minimum Gasteiger partial charge on any atom is -0.861 e. The molecular weight excluding hydrogens is 259 g/mol. The van der Waals surface area contributed by atoms with Crippen LogP contribution in [0.15, 0.2) is 34.7 Å². The van der Waals surface area contributed by atoms with Crippen LogP contribution >= 0.6 is 0 Å². The first kappa shape index (κ1) is 13.5. The SMILES string of the molecule is O=S(=O)(/N=C(\[O-])Cc1ccccc1)C(F)(F)F. The molecule has 0 aliphatic rings. The van der Waals surface area contributed by atoms with Gasteiger partial charge in [0, 0.05) is 6.42 Å². The number of rotatable bonds is 3. The molecule has 4 nitrogen and oxygen atoms in total. The molecule has 0 fully saturated rings. The number of sulfonamides is 1. The van der Waals surface area contributed by atoms with Gasteiger partial charge in [0.1, 0.15) is 0 Å². The van der Waals surface area contributed by atoms with Crippen molar-refractivity contribution in [3.05, 3.63) is 35.9 Å². The van der Waals surface area contributed by atoms with E-state index in [1.807, 2.05) is 0 Å². The zero-order valence-corrected chi connectivity index (χ0v) is 9.12. The molecule has 0 heterocycles. The van der Waals surface area contributed by atoms with Gasteiger partial charge in [-0.2, -0.15) is 26.0 Å². The molecule has 0 spiro atoms. The Labute approximate surface area is 95.5 Å². The number of halogens is 3. The van der Waals surface area contributed by atoms with E-state index < -0.39 is 27.9 Å². The summed E-state index contributed by atoms with van der Waals surface area (Å²) in [6, 6.07) is 7.75. The van der Waals surface area contributed by atoms with E-state index in [4.69, 9.17) is 0 Å². The van der Waals surface area contributed by atoms with Crippen LogP contribution in [-0.4, -0.2) is 19.8 Å². The third kappa shape index (κ3) is 3.74. The van der Waals surface area contributed by atoms with Crippen LogP contribution in [0.3, 0.4) is 0 Å². The first-order valence-corrected chi connectivity index (χ1v) is 5.77. The fourth-order valence-corrected chi connectivity index (χ4v) is 1.42. The van der Waals surface area contributed by atoms with E-state index in [2.05, 4.69) is 4.40 Å². The van der Waals surface area contributed by atoms with Crippen LogP contribution in [0, 0.1) is 0 Å². The first-order valence-electron chi connectivity index (χ1n) is 4.33. The van der Waals surface area contributed by atoms with Gasteiger partial charge >= 0.3 is 15.5 Å². The van der Waals surface area contributed by atoms with Gasteiger partial charge < -0.3 is 5.11 Å². The minimum atomic E-state index is -5.74. The van der Waals surface area contributed by atoms with Gasteiger partial charge in [-0.05, 0) is 11.5 Å². The van der Waals surface area contributed by atoms with Gasteiger partial charge in [0.2, 0.25) is 0 Å². The molecule has 0 atom stereocenters. The fourth-order valence-electron chi connectivity index (χ4n) is 0.989. The number of hydrogen-bond donors (Lipinski definition) is 0. The monoisotopic (exact) mass is 266 g/mol. The van der Waals surface area contributed by atoms with E-state index in [-0.39, 0.29) is 0 Å². The van der Waals surface area contributed by atoms with E-state index in [1.54, 1.807) is 18.2 Å². The first-order chi connectivity index (χ1) is 7.72. The van der Waals surface area contributed by atoms with Crippen LogP contribution in [0.1, 0.15) is 5.56 Å². The predicted molar refractivity (Wildman–Crippen MR) is 52.6 cm³/mol. The molecule has 0 saturated carbocycles. The predicted octanol–water partition coefficient (Wildman–Crippen LogP) is 0.837. The van der Waals surface area contributed by atoms with Crippen LogP contribution in [-0.2, 0) is 16.4 Å². The summed E-state index contributed by atoms with van der Waals surface area (Å²) in [5, 5.41) is 11.0. The molecule has 94 valence electrons. The van der Waals surface area contributed by atoms with Crippen LogP contribution in [0.2, 0.25) is 0 Å². The molecule has 8 heteroatoms. The lowest BCUT2D eigenvalue weighted by atomic mass is 10.2. The lowest BCUT2D eigenvalue weighted by molar-refractivity contribution is -0.217. The van der Waals surface area contributed by atoms with Gasteiger partial charge in [0.15, 0.2) is 0 Å². The molecular formula is C9H7F3NO3S-. The molecule has 1 aromatic carbocycles. The molecule has 0 aliphatic carbocycles. The molecule has 17 heavy (non-hydrogen) atoms. The zero-order chi connectivity index (χ0) is 13.1. The summed E-state index contributed by atoms with van der Waals surface area (Å²) in [7, 11) is -5.74. The summed E-state index contributed by atoms with van der Waals surface area (Å²) in [5.41, 5.74) is -5.15. The highest BCUT2D eigenvalue weighted by Gasteiger charge is 2.45. The Kier molecular flexibility index (Phi) is 3.76. The van der Waals surface area contributed by atoms with Crippen LogP contribution in [0.4, 0.5) is 13.2 Å². The Bertz CT molecular complexity index is 508. The second kappa shape index (κ2) is 4.74. The van der Waals surface area contributed by atoms with Crippen molar-refractivity contribution in [3.63, 3.8) is 0 Å². The van der Waals surface area contributed by atoms with Gasteiger partial charge in [0.25, 0.3) is 0 Å². The van der Waals surface area contributed by atoms with Crippen molar-refractivity contribution in [1.82, 2.24) is 0 Å². The smallest absolute Gasteiger partial charge is 0.518 e. The summed E-state index contributed by atoms with van der Waals surface area (Å²) in [6.07, 6.45) is -0.490. The Balaban J connectivity index is 2.89. The number of benzene rings is 1. The molecule has 0 N–H and O–H groups in total. The lowest BCUT2D eigenvalue weighted by Crippen LogP contribution is -2.27. The van der Waals surface area contributed by atoms with E-state index in [0.717, 1.165) is 0 Å². The number of hydrogen-bond acceptors (Lipinski definition) is 3. The van der Waals surface area contributed by atoms with Gasteiger partial charge in [-0.25, -0.2) is 0 Å². The summed E-state index contributed by atoms with van der Waals surface area (Å²) in [4.78, 5) is 0. The summed E-state index contributed by atoms with van der Waals surface area (Å²) < 4.78 is 59.0. The minimum absolute atomic E-state index is 0.388. The Morgan fingerprint density at radius 1 is 1.24 bits per heavy atom. The maximum Gasteiger partial charge on any atom is 0.518 e. The van der Waals surface area contributed by atoms with Crippen molar-refractivity contribution in [2.45, 2.75) is 11.9 Å². The van der Waals surface area contributed by atoms with Crippen LogP contribution < -0.4 is 5.11 Å². The van der Waals surface area contributed by atoms with Crippen molar-refractivity contribution in [1.29, 1.82) is 0 Å².